The van der Waals surface area contributed by atoms with Gasteiger partial charge in [0.25, 0.3) is 0 Å². The Kier molecular flexibility index (Phi) is 62.0. The van der Waals surface area contributed by atoms with E-state index in [1.165, 1.54) is 0 Å². The molecule has 0 spiro atoms. The van der Waals surface area contributed by atoms with Crippen LogP contribution in [0.25, 0.3) is 0 Å². The van der Waals surface area contributed by atoms with E-state index in [0.29, 0.717) is 19.3 Å². The van der Waals surface area contributed by atoms with E-state index in [1.807, 2.05) is 0 Å². The van der Waals surface area contributed by atoms with Crippen LogP contribution in [0.4, 0.5) is 0 Å². The predicted octanol–water partition coefficient (Wildman–Crippen LogP) is 22.2. The molecule has 0 rings (SSSR count). The van der Waals surface area contributed by atoms with Crippen molar-refractivity contribution in [2.75, 3.05) is 13.2 Å². The Balaban J connectivity index is 4.54. The van der Waals surface area contributed by atoms with Gasteiger partial charge in [-0.05, 0) is 161 Å². The molecule has 0 aliphatic heterocycles. The van der Waals surface area contributed by atoms with Crippen molar-refractivity contribution in [2.45, 2.75) is 245 Å². The van der Waals surface area contributed by atoms with Gasteiger partial charge in [-0.25, -0.2) is 0 Å². The van der Waals surface area contributed by atoms with Gasteiger partial charge in [-0.15, -0.1) is 0 Å². The second kappa shape index (κ2) is 66.8. The van der Waals surface area contributed by atoms with Gasteiger partial charge in [-0.3, -0.25) is 14.4 Å². The minimum atomic E-state index is -0.831. The summed E-state index contributed by atoms with van der Waals surface area (Å²) in [4.78, 5) is 38.3. The number of hydrogen-bond acceptors (Lipinski definition) is 6. The molecule has 0 saturated heterocycles. The lowest BCUT2D eigenvalue weighted by molar-refractivity contribution is -0.167. The smallest absolute Gasteiger partial charge is 0.306 e. The van der Waals surface area contributed by atoms with Crippen molar-refractivity contribution in [3.05, 3.63) is 194 Å². The summed E-state index contributed by atoms with van der Waals surface area (Å²) in [7, 11) is 0. The van der Waals surface area contributed by atoms with Crippen molar-refractivity contribution in [3.63, 3.8) is 0 Å². The van der Waals surface area contributed by atoms with Crippen LogP contribution in [0.5, 0.6) is 0 Å². The third-order valence-electron chi connectivity index (χ3n) is 12.6. The van der Waals surface area contributed by atoms with Crippen molar-refractivity contribution in [2.24, 2.45) is 0 Å². The minimum Gasteiger partial charge on any atom is -0.462 e. The first-order valence-electron chi connectivity index (χ1n) is 31.9. The Morgan fingerprint density at radius 3 is 0.716 bits per heavy atom. The number of carbonyl (C=O) groups excluding carboxylic acids is 3. The molecule has 0 aliphatic carbocycles. The standard InChI is InChI=1S/C75H114O6/c1-4-7-10-13-16-19-22-25-28-30-32-34-35-36-37-38-39-41-42-44-47-50-53-56-59-62-65-68-74(77)80-71-72(70-79-73(76)67-64-61-58-55-52-49-46-27-24-21-18-15-12-9-6-3)81-75(78)69-66-63-60-57-54-51-48-45-43-40-33-31-29-26-23-20-17-14-11-8-5-2/h7-12,16-21,25-29,32-34,36-37,39-41,44-48,54,57,72H,4-6,13-15,22-24,30-31,35,38,42-43,49-53,55-56,58-71H2,1-3H3/b10-7-,11-8-,12-9-,19-16-,20-17-,21-18-,28-25-,29-26-,34-32-,37-36-,40-33-,41-39-,46-27-,47-44-,48-45-,57-54-. The van der Waals surface area contributed by atoms with E-state index in [9.17, 15) is 14.4 Å². The van der Waals surface area contributed by atoms with Crippen LogP contribution in [0, 0.1) is 0 Å². The lowest BCUT2D eigenvalue weighted by Crippen LogP contribution is -2.30. The molecule has 0 saturated carbocycles. The third-order valence-corrected chi connectivity index (χ3v) is 12.6. The quantitative estimate of drug-likeness (QED) is 0.0261. The molecule has 1 unspecified atom stereocenters. The molecule has 0 fully saturated rings. The zero-order valence-electron chi connectivity index (χ0n) is 51.5. The Morgan fingerprint density at radius 2 is 0.444 bits per heavy atom. The number of unbranched alkanes of at least 4 members (excludes halogenated alkanes) is 12. The number of carbonyl (C=O) groups is 3. The fraction of sp³-hybridized carbons (Fsp3) is 0.533. The monoisotopic (exact) mass is 1110 g/mol. The molecule has 6 nitrogen and oxygen atoms in total. The molecule has 0 bridgehead atoms. The largest absolute Gasteiger partial charge is 0.462 e. The van der Waals surface area contributed by atoms with Crippen molar-refractivity contribution in [1.29, 1.82) is 0 Å². The van der Waals surface area contributed by atoms with Crippen molar-refractivity contribution in [3.8, 4) is 0 Å². The predicted molar refractivity (Wildman–Crippen MR) is 352 cm³/mol. The Labute approximate surface area is 497 Å². The van der Waals surface area contributed by atoms with Gasteiger partial charge in [0, 0.05) is 19.3 Å². The maximum absolute atomic E-state index is 12.9. The lowest BCUT2D eigenvalue weighted by Gasteiger charge is -2.18. The first-order valence-corrected chi connectivity index (χ1v) is 31.9. The third kappa shape index (κ3) is 64.9. The highest BCUT2D eigenvalue weighted by Gasteiger charge is 2.19. The molecule has 450 valence electrons. The number of allylic oxidation sites excluding steroid dienone is 32. The van der Waals surface area contributed by atoms with Crippen molar-refractivity contribution >= 4 is 17.9 Å². The van der Waals surface area contributed by atoms with Crippen LogP contribution in [-0.4, -0.2) is 37.2 Å². The number of hydrogen-bond donors (Lipinski definition) is 0. The molecule has 0 amide bonds. The zero-order chi connectivity index (χ0) is 58.5. The van der Waals surface area contributed by atoms with E-state index in [2.05, 4.69) is 215 Å². The number of esters is 3. The van der Waals surface area contributed by atoms with Crippen LogP contribution in [0.1, 0.15) is 239 Å². The molecule has 1 atom stereocenters. The van der Waals surface area contributed by atoms with E-state index in [4.69, 9.17) is 14.2 Å². The van der Waals surface area contributed by atoms with Gasteiger partial charge in [0.2, 0.25) is 0 Å². The minimum absolute atomic E-state index is 0.122. The van der Waals surface area contributed by atoms with Gasteiger partial charge < -0.3 is 14.2 Å². The first kappa shape index (κ1) is 75.2. The van der Waals surface area contributed by atoms with E-state index in [-0.39, 0.29) is 37.5 Å². The van der Waals surface area contributed by atoms with Crippen molar-refractivity contribution < 1.29 is 28.6 Å². The van der Waals surface area contributed by atoms with Gasteiger partial charge in [0.1, 0.15) is 13.2 Å². The summed E-state index contributed by atoms with van der Waals surface area (Å²) in [5, 5.41) is 0. The van der Waals surface area contributed by atoms with Crippen molar-refractivity contribution in [1.82, 2.24) is 0 Å². The second-order valence-corrected chi connectivity index (χ2v) is 20.2. The summed E-state index contributed by atoms with van der Waals surface area (Å²) >= 11 is 0. The average molecular weight is 1110 g/mol. The SMILES string of the molecule is CC/C=C\C/C=C\C/C=C\C/C=C\C/C=C\C/C=C\C/C=C\CCCCCCCC(=O)OCC(COC(=O)CCCCCCC/C=C\C/C=C\C/C=C\CC)OC(=O)CCCC/C=C\C/C=C\C/C=C\C/C=C\C/C=C\C/C=C\CC. The highest BCUT2D eigenvalue weighted by atomic mass is 16.6. The Bertz CT molecular complexity index is 1950. The molecule has 0 aromatic carbocycles. The fourth-order valence-corrected chi connectivity index (χ4v) is 7.91. The first-order chi connectivity index (χ1) is 40.0. The van der Waals surface area contributed by atoms with Crippen LogP contribution >= 0.6 is 0 Å². The van der Waals surface area contributed by atoms with Crippen LogP contribution in [0.3, 0.4) is 0 Å². The van der Waals surface area contributed by atoms with E-state index >= 15 is 0 Å². The van der Waals surface area contributed by atoms with Crippen LogP contribution < -0.4 is 0 Å². The van der Waals surface area contributed by atoms with E-state index in [1.54, 1.807) is 0 Å². The summed E-state index contributed by atoms with van der Waals surface area (Å²) in [6.45, 7) is 6.22. The maximum Gasteiger partial charge on any atom is 0.306 e. The molecular formula is C75H114O6. The summed E-state index contributed by atoms with van der Waals surface area (Å²) in [6.07, 6.45) is 101. The molecular weight excluding hydrogens is 997 g/mol. The Morgan fingerprint density at radius 1 is 0.247 bits per heavy atom. The highest BCUT2D eigenvalue weighted by molar-refractivity contribution is 5.71. The maximum atomic E-state index is 12.9. The number of ether oxygens (including phenoxy) is 3. The van der Waals surface area contributed by atoms with E-state index in [0.717, 1.165) is 193 Å². The fourth-order valence-electron chi connectivity index (χ4n) is 7.91. The van der Waals surface area contributed by atoms with Crippen LogP contribution in [-0.2, 0) is 28.6 Å². The van der Waals surface area contributed by atoms with Gasteiger partial charge in [0.15, 0.2) is 6.10 Å². The summed E-state index contributed by atoms with van der Waals surface area (Å²) in [6, 6.07) is 0. The zero-order valence-corrected chi connectivity index (χ0v) is 51.5. The van der Waals surface area contributed by atoms with Gasteiger partial charge in [0.05, 0.1) is 0 Å². The molecule has 0 radical (unpaired) electrons. The molecule has 6 heteroatoms. The molecule has 0 N–H and O–H groups in total. The van der Waals surface area contributed by atoms with Gasteiger partial charge >= 0.3 is 17.9 Å². The van der Waals surface area contributed by atoms with Crippen LogP contribution in [0.15, 0.2) is 194 Å². The summed E-state index contributed by atoms with van der Waals surface area (Å²) in [5.74, 6) is -1.01. The molecule has 81 heavy (non-hydrogen) atoms. The molecule has 0 aliphatic rings. The second-order valence-electron chi connectivity index (χ2n) is 20.2. The van der Waals surface area contributed by atoms with E-state index < -0.39 is 6.10 Å². The van der Waals surface area contributed by atoms with Crippen LogP contribution in [0.2, 0.25) is 0 Å². The normalized spacial score (nSPS) is 13.5. The average Bonchev–Trinajstić information content (AvgIpc) is 3.47. The molecule has 0 heterocycles. The van der Waals surface area contributed by atoms with Gasteiger partial charge in [-0.1, -0.05) is 254 Å². The summed E-state index contributed by atoms with van der Waals surface area (Å²) in [5.41, 5.74) is 0. The van der Waals surface area contributed by atoms with Gasteiger partial charge in [-0.2, -0.15) is 0 Å². The summed E-state index contributed by atoms with van der Waals surface area (Å²) < 4.78 is 16.9. The molecule has 0 aromatic rings. The highest BCUT2D eigenvalue weighted by Crippen LogP contribution is 2.13. The lowest BCUT2D eigenvalue weighted by atomic mass is 10.1. The number of rotatable bonds is 55. The topological polar surface area (TPSA) is 78.9 Å². The molecule has 0 aromatic heterocycles. The Hall–Kier alpha value is -5.75.